The Morgan fingerprint density at radius 3 is 2.44 bits per heavy atom. The largest absolute Gasteiger partial charge is 0.338 e. The lowest BCUT2D eigenvalue weighted by atomic mass is 9.85. The van der Waals surface area contributed by atoms with E-state index in [4.69, 9.17) is 0 Å². The van der Waals surface area contributed by atoms with Crippen LogP contribution in [0.25, 0.3) is 0 Å². The van der Waals surface area contributed by atoms with Crippen molar-refractivity contribution >= 4 is 29.8 Å². The van der Waals surface area contributed by atoms with E-state index in [1.807, 2.05) is 19.2 Å². The first-order valence-corrected chi connectivity index (χ1v) is 8.63. The van der Waals surface area contributed by atoms with E-state index in [-0.39, 0.29) is 12.0 Å². The minimum Gasteiger partial charge on any atom is -0.338 e. The van der Waals surface area contributed by atoms with Crippen molar-refractivity contribution in [1.29, 1.82) is 0 Å². The third-order valence-electron chi connectivity index (χ3n) is 4.57. The number of nitrogens with zero attached hydrogens (tertiary/aromatic N) is 2. The highest BCUT2D eigenvalue weighted by molar-refractivity contribution is 6.45. The van der Waals surface area contributed by atoms with E-state index < -0.39 is 36.3 Å². The topological polar surface area (TPSA) is 116 Å². The summed E-state index contributed by atoms with van der Waals surface area (Å²) in [6.45, 7) is 3.55. The number of imide groups is 3. The van der Waals surface area contributed by atoms with Crippen LogP contribution >= 0.6 is 0 Å². The van der Waals surface area contributed by atoms with Crippen molar-refractivity contribution in [3.8, 4) is 0 Å². The number of urea groups is 2. The van der Waals surface area contributed by atoms with Crippen LogP contribution in [0.1, 0.15) is 46.0 Å². The van der Waals surface area contributed by atoms with Crippen molar-refractivity contribution in [2.45, 2.75) is 52.0 Å². The van der Waals surface area contributed by atoms with E-state index in [1.165, 1.54) is 0 Å². The first-order valence-electron chi connectivity index (χ1n) is 8.63. The van der Waals surface area contributed by atoms with Gasteiger partial charge in [0.25, 0.3) is 0 Å². The summed E-state index contributed by atoms with van der Waals surface area (Å²) in [5, 5.41) is 4.48. The summed E-state index contributed by atoms with van der Waals surface area (Å²) >= 11 is 0. The fourth-order valence-electron chi connectivity index (χ4n) is 3.23. The van der Waals surface area contributed by atoms with Crippen LogP contribution in [0.3, 0.4) is 0 Å². The minimum atomic E-state index is -1.02. The summed E-state index contributed by atoms with van der Waals surface area (Å²) in [5.41, 5.74) is 0. The Labute approximate surface area is 146 Å². The number of amides is 7. The minimum absolute atomic E-state index is 0.114. The van der Waals surface area contributed by atoms with Crippen molar-refractivity contribution in [3.63, 3.8) is 0 Å². The molecule has 0 aromatic heterocycles. The number of hydrogen-bond acceptors (Lipinski definition) is 5. The van der Waals surface area contributed by atoms with Crippen molar-refractivity contribution in [2.24, 2.45) is 5.92 Å². The second-order valence-electron chi connectivity index (χ2n) is 6.48. The molecule has 138 valence electrons. The molecule has 1 aliphatic carbocycles. The summed E-state index contributed by atoms with van der Waals surface area (Å²) in [5.74, 6) is -2.62. The number of rotatable bonds is 5. The Balaban J connectivity index is 2.01. The zero-order valence-electron chi connectivity index (χ0n) is 14.5. The maximum atomic E-state index is 12.5. The zero-order chi connectivity index (χ0) is 18.6. The van der Waals surface area contributed by atoms with E-state index in [2.05, 4.69) is 5.32 Å². The molecule has 0 bridgehead atoms. The van der Waals surface area contributed by atoms with Gasteiger partial charge in [0.1, 0.15) is 6.54 Å². The van der Waals surface area contributed by atoms with Gasteiger partial charge in [-0.25, -0.2) is 14.5 Å². The molecule has 0 radical (unpaired) electrons. The van der Waals surface area contributed by atoms with Gasteiger partial charge in [-0.1, -0.05) is 26.7 Å². The molecule has 1 aliphatic heterocycles. The van der Waals surface area contributed by atoms with Gasteiger partial charge >= 0.3 is 23.9 Å². The van der Waals surface area contributed by atoms with Gasteiger partial charge in [0, 0.05) is 12.6 Å². The molecule has 0 unspecified atom stereocenters. The van der Waals surface area contributed by atoms with Crippen LogP contribution in [0, 0.1) is 5.92 Å². The van der Waals surface area contributed by atoms with Crippen molar-refractivity contribution in [2.75, 3.05) is 13.1 Å². The molecular formula is C16H24N4O5. The standard InChI is InChI=1S/C16H24N4O5/c1-3-8-17-15(24)18-12(21)9-19-13(22)14(23)20(16(19)25)11-7-5-4-6-10(11)2/h10-11H,3-9H2,1-2H3,(H2,17,18,21,24)/t10-,11+/m1/s1. The average Bonchev–Trinajstić information content (AvgIpc) is 2.77. The molecule has 9 nitrogen and oxygen atoms in total. The van der Waals surface area contributed by atoms with E-state index in [0.717, 1.165) is 24.2 Å². The highest BCUT2D eigenvalue weighted by Crippen LogP contribution is 2.31. The van der Waals surface area contributed by atoms with Crippen LogP contribution < -0.4 is 10.6 Å². The van der Waals surface area contributed by atoms with E-state index >= 15 is 0 Å². The number of hydrogen-bond donors (Lipinski definition) is 2. The Morgan fingerprint density at radius 1 is 1.12 bits per heavy atom. The molecule has 2 atom stereocenters. The lowest BCUT2D eigenvalue weighted by Crippen LogP contribution is -2.48. The highest BCUT2D eigenvalue weighted by atomic mass is 16.2. The molecular weight excluding hydrogens is 328 g/mol. The Hall–Kier alpha value is -2.45. The maximum Gasteiger partial charge on any atom is 0.334 e. The predicted octanol–water partition coefficient (Wildman–Crippen LogP) is 0.592. The van der Waals surface area contributed by atoms with Gasteiger partial charge in [0.05, 0.1) is 0 Å². The monoisotopic (exact) mass is 352 g/mol. The van der Waals surface area contributed by atoms with Gasteiger partial charge in [-0.2, -0.15) is 0 Å². The Bertz CT molecular complexity index is 591. The number of nitrogens with one attached hydrogen (secondary N) is 2. The number of carbonyl (C=O) groups is 5. The van der Waals surface area contributed by atoms with Crippen LogP contribution in [0.15, 0.2) is 0 Å². The molecule has 0 aromatic rings. The molecule has 7 amide bonds. The maximum absolute atomic E-state index is 12.5. The lowest BCUT2D eigenvalue weighted by Gasteiger charge is -2.34. The second kappa shape index (κ2) is 8.09. The van der Waals surface area contributed by atoms with Crippen molar-refractivity contribution < 1.29 is 24.0 Å². The summed E-state index contributed by atoms with van der Waals surface area (Å²) in [6, 6.07) is -1.80. The van der Waals surface area contributed by atoms with Gasteiger partial charge in [-0.05, 0) is 25.2 Å². The fraction of sp³-hybridized carbons (Fsp3) is 0.688. The zero-order valence-corrected chi connectivity index (χ0v) is 14.5. The average molecular weight is 352 g/mol. The van der Waals surface area contributed by atoms with Gasteiger partial charge in [-0.15, -0.1) is 0 Å². The third-order valence-corrected chi connectivity index (χ3v) is 4.57. The molecule has 2 aliphatic rings. The number of carbonyl (C=O) groups excluding carboxylic acids is 5. The first kappa shape index (κ1) is 18.9. The summed E-state index contributed by atoms with van der Waals surface area (Å²) in [6.07, 6.45) is 4.16. The molecule has 1 saturated heterocycles. The van der Waals surface area contributed by atoms with Crippen LogP contribution in [0.5, 0.6) is 0 Å². The molecule has 1 heterocycles. The third kappa shape index (κ3) is 4.15. The first-order chi connectivity index (χ1) is 11.9. The lowest BCUT2D eigenvalue weighted by molar-refractivity contribution is -0.145. The quantitative estimate of drug-likeness (QED) is 0.555. The highest BCUT2D eigenvalue weighted by Gasteiger charge is 2.49. The van der Waals surface area contributed by atoms with Crippen LogP contribution in [0.2, 0.25) is 0 Å². The van der Waals surface area contributed by atoms with Crippen molar-refractivity contribution in [1.82, 2.24) is 20.4 Å². The molecule has 2 fully saturated rings. The van der Waals surface area contributed by atoms with E-state index in [0.29, 0.717) is 24.3 Å². The summed E-state index contributed by atoms with van der Waals surface area (Å²) < 4.78 is 0. The summed E-state index contributed by atoms with van der Waals surface area (Å²) in [7, 11) is 0. The molecule has 2 rings (SSSR count). The van der Waals surface area contributed by atoms with E-state index in [9.17, 15) is 24.0 Å². The Morgan fingerprint density at radius 2 is 1.80 bits per heavy atom. The van der Waals surface area contributed by atoms with Gasteiger partial charge in [-0.3, -0.25) is 24.6 Å². The van der Waals surface area contributed by atoms with E-state index in [1.54, 1.807) is 0 Å². The predicted molar refractivity (Wildman–Crippen MR) is 87.2 cm³/mol. The molecule has 0 aromatic carbocycles. The Kier molecular flexibility index (Phi) is 6.11. The van der Waals surface area contributed by atoms with Crippen LogP contribution in [0.4, 0.5) is 9.59 Å². The van der Waals surface area contributed by atoms with Gasteiger partial charge in [0.2, 0.25) is 5.91 Å². The molecule has 1 saturated carbocycles. The van der Waals surface area contributed by atoms with Crippen LogP contribution in [-0.4, -0.2) is 58.7 Å². The molecule has 0 spiro atoms. The van der Waals surface area contributed by atoms with Crippen molar-refractivity contribution in [3.05, 3.63) is 0 Å². The molecule has 2 N–H and O–H groups in total. The molecule has 25 heavy (non-hydrogen) atoms. The van der Waals surface area contributed by atoms with Gasteiger partial charge < -0.3 is 5.32 Å². The smallest absolute Gasteiger partial charge is 0.334 e. The van der Waals surface area contributed by atoms with Gasteiger partial charge in [0.15, 0.2) is 0 Å². The SMILES string of the molecule is CCCNC(=O)NC(=O)CN1C(=O)C(=O)N([C@H]2CCCC[C@H]2C)C1=O. The summed E-state index contributed by atoms with van der Waals surface area (Å²) in [4.78, 5) is 61.7. The molecule has 9 heteroatoms. The second-order valence-corrected chi connectivity index (χ2v) is 6.48. The fourth-order valence-corrected chi connectivity index (χ4v) is 3.23. The van der Waals surface area contributed by atoms with Crippen LogP contribution in [-0.2, 0) is 14.4 Å². The normalized spacial score (nSPS) is 23.8.